The van der Waals surface area contributed by atoms with Gasteiger partial charge in [0.05, 0.1) is 11.1 Å². The monoisotopic (exact) mass is 362 g/mol. The highest BCUT2D eigenvalue weighted by Gasteiger charge is 2.33. The minimum Gasteiger partial charge on any atom is -0.444 e. The maximum atomic E-state index is 12.5. The Balaban J connectivity index is 1.63. The molecule has 1 amide bonds. The molecule has 3 rings (SSSR count). The zero-order valence-corrected chi connectivity index (χ0v) is 16.5. The number of thioether (sulfide) groups is 1. The summed E-state index contributed by atoms with van der Waals surface area (Å²) in [7, 11) is 0. The van der Waals surface area contributed by atoms with Gasteiger partial charge in [-0.3, -0.25) is 0 Å². The van der Waals surface area contributed by atoms with Gasteiger partial charge in [0, 0.05) is 18.0 Å². The van der Waals surface area contributed by atoms with Crippen LogP contribution in [0.15, 0.2) is 23.4 Å². The third-order valence-electron chi connectivity index (χ3n) is 4.86. The van der Waals surface area contributed by atoms with Gasteiger partial charge >= 0.3 is 6.09 Å². The zero-order valence-electron chi connectivity index (χ0n) is 15.7. The molecule has 138 valence electrons. The van der Waals surface area contributed by atoms with Crippen LogP contribution in [0.2, 0.25) is 0 Å². The lowest BCUT2D eigenvalue weighted by Gasteiger charge is -2.28. The molecule has 2 fully saturated rings. The molecule has 0 N–H and O–H groups in total. The van der Waals surface area contributed by atoms with Gasteiger partial charge in [-0.05, 0) is 58.1 Å². The molecular formula is C20H30N2O2S. The second kappa shape index (κ2) is 7.98. The van der Waals surface area contributed by atoms with Gasteiger partial charge in [-0.1, -0.05) is 25.3 Å². The number of aromatic nitrogens is 1. The number of nitrogens with zero attached hydrogens (tertiary/aromatic N) is 2. The Hall–Kier alpha value is -1.23. The molecule has 4 nitrogen and oxygen atoms in total. The highest BCUT2D eigenvalue weighted by molar-refractivity contribution is 7.99. The zero-order chi connectivity index (χ0) is 17.9. The summed E-state index contributed by atoms with van der Waals surface area (Å²) >= 11 is 1.91. The van der Waals surface area contributed by atoms with E-state index in [1.807, 2.05) is 43.6 Å². The van der Waals surface area contributed by atoms with Crippen LogP contribution in [-0.4, -0.2) is 33.4 Å². The predicted molar refractivity (Wildman–Crippen MR) is 102 cm³/mol. The molecule has 0 radical (unpaired) electrons. The van der Waals surface area contributed by atoms with Gasteiger partial charge in [0.25, 0.3) is 0 Å². The van der Waals surface area contributed by atoms with E-state index < -0.39 is 5.60 Å². The van der Waals surface area contributed by atoms with Crippen LogP contribution in [0.1, 0.15) is 77.3 Å². The molecule has 1 aromatic heterocycles. The fourth-order valence-electron chi connectivity index (χ4n) is 3.66. The molecular weight excluding hydrogens is 332 g/mol. The first-order valence-electron chi connectivity index (χ1n) is 9.54. The Morgan fingerprint density at radius 3 is 2.56 bits per heavy atom. The summed E-state index contributed by atoms with van der Waals surface area (Å²) in [6.45, 7) is 6.50. The smallest absolute Gasteiger partial charge is 0.410 e. The predicted octanol–water partition coefficient (Wildman–Crippen LogP) is 5.58. The van der Waals surface area contributed by atoms with Gasteiger partial charge in [0.2, 0.25) is 0 Å². The summed E-state index contributed by atoms with van der Waals surface area (Å²) < 4.78 is 5.56. The summed E-state index contributed by atoms with van der Waals surface area (Å²) in [5.41, 5.74) is 0.666. The van der Waals surface area contributed by atoms with E-state index in [0.717, 1.165) is 35.2 Å². The first-order valence-corrected chi connectivity index (χ1v) is 10.4. The van der Waals surface area contributed by atoms with Crippen molar-refractivity contribution in [1.29, 1.82) is 0 Å². The van der Waals surface area contributed by atoms with E-state index in [-0.39, 0.29) is 12.1 Å². The van der Waals surface area contributed by atoms with Crippen LogP contribution >= 0.6 is 11.8 Å². The van der Waals surface area contributed by atoms with Crippen molar-refractivity contribution in [2.45, 2.75) is 87.6 Å². The van der Waals surface area contributed by atoms with Crippen molar-refractivity contribution in [2.75, 3.05) is 6.54 Å². The molecule has 2 heterocycles. The van der Waals surface area contributed by atoms with E-state index in [4.69, 9.17) is 4.74 Å². The van der Waals surface area contributed by atoms with Gasteiger partial charge in [-0.2, -0.15) is 0 Å². The lowest BCUT2D eigenvalue weighted by molar-refractivity contribution is 0.0224. The summed E-state index contributed by atoms with van der Waals surface area (Å²) in [4.78, 5) is 19.0. The van der Waals surface area contributed by atoms with Gasteiger partial charge in [0.1, 0.15) is 5.60 Å². The fourth-order valence-corrected chi connectivity index (χ4v) is 4.84. The Labute approximate surface area is 155 Å². The number of rotatable bonds is 3. The number of hydrogen-bond donors (Lipinski definition) is 0. The molecule has 2 aliphatic rings. The van der Waals surface area contributed by atoms with Crippen molar-refractivity contribution in [3.63, 3.8) is 0 Å². The molecule has 0 aromatic carbocycles. The van der Waals surface area contributed by atoms with Crippen molar-refractivity contribution in [2.24, 2.45) is 0 Å². The van der Waals surface area contributed by atoms with E-state index in [9.17, 15) is 4.79 Å². The number of carbonyl (C=O) groups is 1. The molecule has 1 saturated heterocycles. The Bertz CT molecular complexity index is 576. The lowest BCUT2D eigenvalue weighted by atomic mass is 10.0. The number of pyridine rings is 1. The first-order chi connectivity index (χ1) is 11.9. The van der Waals surface area contributed by atoms with Crippen LogP contribution in [0.25, 0.3) is 0 Å². The number of likely N-dealkylation sites (tertiary alicyclic amines) is 1. The van der Waals surface area contributed by atoms with Crippen LogP contribution in [0.4, 0.5) is 4.79 Å². The van der Waals surface area contributed by atoms with Gasteiger partial charge in [-0.25, -0.2) is 9.78 Å². The average Bonchev–Trinajstić information content (AvgIpc) is 3.05. The normalized spacial score (nSPS) is 22.2. The second-order valence-corrected chi connectivity index (χ2v) is 9.46. The van der Waals surface area contributed by atoms with E-state index in [1.54, 1.807) is 0 Å². The van der Waals surface area contributed by atoms with Crippen LogP contribution in [0.5, 0.6) is 0 Å². The second-order valence-electron chi connectivity index (χ2n) is 8.14. The molecule has 0 bridgehead atoms. The molecule has 1 unspecified atom stereocenters. The SMILES string of the molecule is CC(C)(C)OC(=O)N1CCCC1c1ccc(SC2CCCCC2)nc1. The van der Waals surface area contributed by atoms with Crippen molar-refractivity contribution < 1.29 is 9.53 Å². The van der Waals surface area contributed by atoms with Gasteiger partial charge in [-0.15, -0.1) is 11.8 Å². The topological polar surface area (TPSA) is 42.4 Å². The minimum atomic E-state index is -0.455. The largest absolute Gasteiger partial charge is 0.444 e. The van der Waals surface area contributed by atoms with Crippen LogP contribution in [0.3, 0.4) is 0 Å². The van der Waals surface area contributed by atoms with Crippen molar-refractivity contribution in [3.05, 3.63) is 23.9 Å². The Morgan fingerprint density at radius 2 is 1.92 bits per heavy atom. The highest BCUT2D eigenvalue weighted by Crippen LogP contribution is 2.35. The van der Waals surface area contributed by atoms with Crippen molar-refractivity contribution >= 4 is 17.9 Å². The molecule has 1 aliphatic carbocycles. The standard InChI is InChI=1S/C20H30N2O2S/c1-20(2,3)24-19(23)22-13-7-10-17(22)15-11-12-18(21-14-15)25-16-8-5-4-6-9-16/h11-12,14,16-17H,4-10,13H2,1-3H3. The maximum absolute atomic E-state index is 12.5. The van der Waals surface area contributed by atoms with E-state index in [0.29, 0.717) is 0 Å². The molecule has 5 heteroatoms. The summed E-state index contributed by atoms with van der Waals surface area (Å²) in [5, 5.41) is 1.83. The minimum absolute atomic E-state index is 0.0936. The van der Waals surface area contributed by atoms with E-state index in [2.05, 4.69) is 17.1 Å². The number of ether oxygens (including phenoxy) is 1. The average molecular weight is 363 g/mol. The Morgan fingerprint density at radius 1 is 1.16 bits per heavy atom. The lowest BCUT2D eigenvalue weighted by Crippen LogP contribution is -2.36. The maximum Gasteiger partial charge on any atom is 0.410 e. The first kappa shape index (κ1) is 18.6. The third kappa shape index (κ3) is 5.13. The Kier molecular flexibility index (Phi) is 5.92. The van der Waals surface area contributed by atoms with Crippen molar-refractivity contribution in [1.82, 2.24) is 9.88 Å². The van der Waals surface area contributed by atoms with Crippen LogP contribution < -0.4 is 0 Å². The van der Waals surface area contributed by atoms with Crippen LogP contribution in [-0.2, 0) is 4.74 Å². The summed E-state index contributed by atoms with van der Waals surface area (Å²) in [6.07, 6.45) is 10.4. The molecule has 0 spiro atoms. The third-order valence-corrected chi connectivity index (χ3v) is 6.15. The summed E-state index contributed by atoms with van der Waals surface area (Å²) in [5.74, 6) is 0. The van der Waals surface area contributed by atoms with E-state index >= 15 is 0 Å². The quantitative estimate of drug-likeness (QED) is 0.704. The molecule has 1 aliphatic heterocycles. The number of carbonyl (C=O) groups excluding carboxylic acids is 1. The van der Waals surface area contributed by atoms with Crippen LogP contribution in [0, 0.1) is 0 Å². The van der Waals surface area contributed by atoms with Crippen molar-refractivity contribution in [3.8, 4) is 0 Å². The molecule has 25 heavy (non-hydrogen) atoms. The van der Waals surface area contributed by atoms with Gasteiger partial charge < -0.3 is 9.64 Å². The molecule has 1 atom stereocenters. The highest BCUT2D eigenvalue weighted by atomic mass is 32.2. The fraction of sp³-hybridized carbons (Fsp3) is 0.700. The van der Waals surface area contributed by atoms with E-state index in [1.165, 1.54) is 32.1 Å². The number of amides is 1. The summed E-state index contributed by atoms with van der Waals surface area (Å²) in [6, 6.07) is 4.36. The van der Waals surface area contributed by atoms with Gasteiger partial charge in [0.15, 0.2) is 0 Å². The molecule has 1 saturated carbocycles. The molecule has 1 aromatic rings. The number of hydrogen-bond acceptors (Lipinski definition) is 4.